The van der Waals surface area contributed by atoms with Crippen LogP contribution in [0.4, 0.5) is 17.2 Å². The highest BCUT2D eigenvalue weighted by Gasteiger charge is 2.12. The van der Waals surface area contributed by atoms with Crippen molar-refractivity contribution in [2.45, 2.75) is 12.3 Å². The second kappa shape index (κ2) is 8.97. The van der Waals surface area contributed by atoms with Crippen LogP contribution in [0, 0.1) is 0 Å². The van der Waals surface area contributed by atoms with Gasteiger partial charge in [0.1, 0.15) is 5.82 Å². The highest BCUT2D eigenvalue weighted by atomic mass is 32.2. The molecule has 164 valence electrons. The second-order valence-corrected chi connectivity index (χ2v) is 10.5. The van der Waals surface area contributed by atoms with Gasteiger partial charge in [-0.2, -0.15) is 0 Å². The molecular weight excluding hydrogens is 444 g/mol. The van der Waals surface area contributed by atoms with Crippen molar-refractivity contribution in [2.75, 3.05) is 16.9 Å². The van der Waals surface area contributed by atoms with Crippen molar-refractivity contribution in [1.29, 1.82) is 0 Å². The third kappa shape index (κ3) is 5.24. The van der Waals surface area contributed by atoms with E-state index in [1.807, 2.05) is 12.1 Å². The number of benzene rings is 2. The number of fused-ring (bicyclic) bond motifs is 1. The van der Waals surface area contributed by atoms with Crippen molar-refractivity contribution in [3.63, 3.8) is 0 Å². The lowest BCUT2D eigenvalue weighted by molar-refractivity contribution is 0.100. The van der Waals surface area contributed by atoms with E-state index in [2.05, 4.69) is 33.1 Å². The predicted molar refractivity (Wildman–Crippen MR) is 130 cm³/mol. The van der Waals surface area contributed by atoms with Crippen LogP contribution in [0.1, 0.15) is 21.5 Å². The summed E-state index contributed by atoms with van der Waals surface area (Å²) in [4.78, 5) is 16.2. The molecule has 2 aromatic carbocycles. The van der Waals surface area contributed by atoms with Gasteiger partial charge in [0.2, 0.25) is 0 Å². The minimum Gasteiger partial charge on any atom is -0.380 e. The van der Waals surface area contributed by atoms with Gasteiger partial charge in [-0.3, -0.25) is 4.79 Å². The van der Waals surface area contributed by atoms with Gasteiger partial charge in [0, 0.05) is 35.5 Å². The van der Waals surface area contributed by atoms with Crippen molar-refractivity contribution in [1.82, 2.24) is 4.98 Å². The van der Waals surface area contributed by atoms with Crippen molar-refractivity contribution in [3.05, 3.63) is 82.9 Å². The number of rotatable bonds is 8. The van der Waals surface area contributed by atoms with Crippen molar-refractivity contribution in [3.8, 4) is 0 Å². The number of hydrogen-bond donors (Lipinski definition) is 3. The number of aromatic nitrogens is 1. The zero-order chi connectivity index (χ0) is 22.7. The summed E-state index contributed by atoms with van der Waals surface area (Å²) in [7, 11) is -3.09. The van der Waals surface area contributed by atoms with Gasteiger partial charge in [-0.15, -0.1) is 11.3 Å². The first-order chi connectivity index (χ1) is 15.3. The number of nitrogens with one attached hydrogen (secondary N) is 2. The van der Waals surface area contributed by atoms with Gasteiger partial charge in [0.15, 0.2) is 9.84 Å². The zero-order valence-corrected chi connectivity index (χ0v) is 19.0. The minimum absolute atomic E-state index is 0.0100. The molecule has 0 saturated carbocycles. The van der Waals surface area contributed by atoms with E-state index in [0.29, 0.717) is 29.2 Å². The Labute approximate surface area is 190 Å². The third-order valence-corrected chi connectivity index (χ3v) is 6.72. The first-order valence-corrected chi connectivity index (χ1v) is 12.7. The molecule has 2 aromatic heterocycles. The van der Waals surface area contributed by atoms with E-state index < -0.39 is 15.7 Å². The fourth-order valence-electron chi connectivity index (χ4n) is 3.39. The molecule has 4 N–H and O–H groups in total. The van der Waals surface area contributed by atoms with Crippen LogP contribution in [0.25, 0.3) is 10.1 Å². The highest BCUT2D eigenvalue weighted by Crippen LogP contribution is 2.27. The minimum atomic E-state index is -3.09. The summed E-state index contributed by atoms with van der Waals surface area (Å²) >= 11 is 1.67. The van der Waals surface area contributed by atoms with Crippen LogP contribution >= 0.6 is 11.3 Å². The van der Waals surface area contributed by atoms with Gasteiger partial charge in [0.25, 0.3) is 5.91 Å². The number of pyridine rings is 1. The molecule has 7 nitrogen and oxygen atoms in total. The number of primary amides is 1. The van der Waals surface area contributed by atoms with Crippen LogP contribution in [0.15, 0.2) is 66.2 Å². The van der Waals surface area contributed by atoms with E-state index in [4.69, 9.17) is 5.73 Å². The Bertz CT molecular complexity index is 1380. The summed E-state index contributed by atoms with van der Waals surface area (Å²) in [5, 5.41) is 9.72. The molecule has 1 amide bonds. The van der Waals surface area contributed by atoms with E-state index in [1.54, 1.807) is 41.7 Å². The quantitative estimate of drug-likeness (QED) is 0.357. The van der Waals surface area contributed by atoms with E-state index in [1.165, 1.54) is 22.5 Å². The Balaban J connectivity index is 1.54. The number of carbonyl (C=O) groups is 1. The molecule has 4 aromatic rings. The SMILES string of the molecule is CS(=O)(=O)Cc1ccc(Nc2cc(NCc3cccc4ccsc34)c(C(N)=O)cn2)cc1. The topological polar surface area (TPSA) is 114 Å². The number of anilines is 3. The summed E-state index contributed by atoms with van der Waals surface area (Å²) in [6.07, 6.45) is 2.65. The molecule has 0 radical (unpaired) electrons. The lowest BCUT2D eigenvalue weighted by atomic mass is 10.1. The van der Waals surface area contributed by atoms with Gasteiger partial charge >= 0.3 is 0 Å². The number of thiophene rings is 1. The van der Waals surface area contributed by atoms with Crippen molar-refractivity contribution >= 4 is 54.4 Å². The van der Waals surface area contributed by atoms with E-state index in [9.17, 15) is 13.2 Å². The lowest BCUT2D eigenvalue weighted by Gasteiger charge is -2.13. The zero-order valence-electron chi connectivity index (χ0n) is 17.3. The molecular formula is C23H22N4O3S2. The predicted octanol–water partition coefficient (Wildman–Crippen LogP) is 4.30. The molecule has 9 heteroatoms. The Kier molecular flexibility index (Phi) is 6.11. The first kappa shape index (κ1) is 21.8. The average Bonchev–Trinajstić information content (AvgIpc) is 3.22. The number of amides is 1. The maximum absolute atomic E-state index is 11.9. The normalized spacial score (nSPS) is 11.4. The van der Waals surface area contributed by atoms with Crippen molar-refractivity contribution < 1.29 is 13.2 Å². The van der Waals surface area contributed by atoms with Crippen LogP contribution in [-0.4, -0.2) is 25.6 Å². The Morgan fingerprint density at radius 3 is 2.62 bits per heavy atom. The van der Waals surface area contributed by atoms with Gasteiger partial charge < -0.3 is 16.4 Å². The van der Waals surface area contributed by atoms with Gasteiger partial charge in [-0.05, 0) is 40.1 Å². The molecule has 0 unspecified atom stereocenters. The van der Waals surface area contributed by atoms with E-state index in [0.717, 1.165) is 11.3 Å². The van der Waals surface area contributed by atoms with E-state index >= 15 is 0 Å². The standard InChI is InChI=1S/C23H22N4O3S2/c1-32(29,30)14-15-5-7-18(8-6-15)27-21-11-20(19(13-26-21)23(24)28)25-12-17-4-2-3-16-9-10-31-22(16)17/h2-11,13H,12,14H2,1H3,(H2,24,28)(H2,25,26,27). The largest absolute Gasteiger partial charge is 0.380 e. The van der Waals surface area contributed by atoms with Gasteiger partial charge in [0.05, 0.1) is 17.0 Å². The fourth-order valence-corrected chi connectivity index (χ4v) is 5.10. The summed E-state index contributed by atoms with van der Waals surface area (Å²) < 4.78 is 24.1. The number of carbonyl (C=O) groups excluding carboxylic acids is 1. The monoisotopic (exact) mass is 466 g/mol. The Hall–Kier alpha value is -3.43. The molecule has 0 aliphatic carbocycles. The maximum Gasteiger partial charge on any atom is 0.252 e. The first-order valence-electron chi connectivity index (χ1n) is 9.81. The molecule has 32 heavy (non-hydrogen) atoms. The summed E-state index contributed by atoms with van der Waals surface area (Å²) in [5.74, 6) is -0.0436. The third-order valence-electron chi connectivity index (χ3n) is 4.85. The molecule has 0 bridgehead atoms. The molecule has 0 spiro atoms. The van der Waals surface area contributed by atoms with Gasteiger partial charge in [-0.25, -0.2) is 13.4 Å². The smallest absolute Gasteiger partial charge is 0.252 e. The number of nitrogens with zero attached hydrogens (tertiary/aromatic N) is 1. The van der Waals surface area contributed by atoms with Crippen molar-refractivity contribution in [2.24, 2.45) is 5.73 Å². The van der Waals surface area contributed by atoms with E-state index in [-0.39, 0.29) is 5.75 Å². The summed E-state index contributed by atoms with van der Waals surface area (Å²) in [6, 6.07) is 17.0. The molecule has 0 saturated heterocycles. The fraction of sp³-hybridized carbons (Fsp3) is 0.130. The van der Waals surface area contributed by atoms with Crippen LogP contribution < -0.4 is 16.4 Å². The highest BCUT2D eigenvalue weighted by molar-refractivity contribution is 7.89. The molecule has 0 atom stereocenters. The van der Waals surface area contributed by atoms with Crippen LogP contribution in [0.2, 0.25) is 0 Å². The van der Waals surface area contributed by atoms with Crippen LogP contribution in [0.3, 0.4) is 0 Å². The lowest BCUT2D eigenvalue weighted by Crippen LogP contribution is -2.15. The Morgan fingerprint density at radius 2 is 1.91 bits per heavy atom. The number of nitrogens with two attached hydrogens (primary N) is 1. The average molecular weight is 467 g/mol. The second-order valence-electron chi connectivity index (χ2n) is 7.48. The number of hydrogen-bond acceptors (Lipinski definition) is 7. The molecule has 0 aliphatic rings. The molecule has 2 heterocycles. The maximum atomic E-state index is 11.9. The summed E-state index contributed by atoms with van der Waals surface area (Å²) in [5.41, 5.74) is 9.01. The molecule has 0 aliphatic heterocycles. The molecule has 4 rings (SSSR count). The Morgan fingerprint density at radius 1 is 1.12 bits per heavy atom. The summed E-state index contributed by atoms with van der Waals surface area (Å²) in [6.45, 7) is 0.530. The van der Waals surface area contributed by atoms with Gasteiger partial charge in [-0.1, -0.05) is 30.3 Å². The van der Waals surface area contributed by atoms with Crippen LogP contribution in [-0.2, 0) is 22.1 Å². The van der Waals surface area contributed by atoms with Crippen LogP contribution in [0.5, 0.6) is 0 Å². The number of sulfone groups is 1. The molecule has 0 fully saturated rings.